The van der Waals surface area contributed by atoms with Gasteiger partial charge in [0.2, 0.25) is 5.89 Å². The second-order valence-corrected chi connectivity index (χ2v) is 8.70. The summed E-state index contributed by atoms with van der Waals surface area (Å²) in [7, 11) is 0. The third-order valence-corrected chi connectivity index (χ3v) is 5.19. The predicted molar refractivity (Wildman–Crippen MR) is 141 cm³/mol. The smallest absolute Gasteiger partial charge is 0.257 e. The summed E-state index contributed by atoms with van der Waals surface area (Å²) < 4.78 is 17.0. The van der Waals surface area contributed by atoms with E-state index in [9.17, 15) is 4.79 Å². The van der Waals surface area contributed by atoms with Crippen LogP contribution in [0.15, 0.2) is 71.1 Å². The van der Waals surface area contributed by atoms with Crippen molar-refractivity contribution in [1.29, 1.82) is 0 Å². The summed E-state index contributed by atoms with van der Waals surface area (Å²) in [5.74, 6) is 2.15. The van der Waals surface area contributed by atoms with E-state index in [1.807, 2.05) is 49.4 Å². The van der Waals surface area contributed by atoms with Crippen molar-refractivity contribution in [3.8, 4) is 23.0 Å². The molecule has 0 atom stereocenters. The van der Waals surface area contributed by atoms with Crippen LogP contribution in [0.2, 0.25) is 0 Å². The van der Waals surface area contributed by atoms with Gasteiger partial charge in [-0.3, -0.25) is 10.1 Å². The van der Waals surface area contributed by atoms with Crippen LogP contribution in [-0.2, 0) is 0 Å². The zero-order valence-corrected chi connectivity index (χ0v) is 20.6. The summed E-state index contributed by atoms with van der Waals surface area (Å²) in [5.41, 5.74) is 3.34. The van der Waals surface area contributed by atoms with Crippen molar-refractivity contribution in [2.24, 2.45) is 5.92 Å². The number of hydrogen-bond donors (Lipinski definition) is 2. The highest BCUT2D eigenvalue weighted by atomic mass is 32.1. The molecule has 1 amide bonds. The molecule has 8 heteroatoms. The molecule has 0 aliphatic carbocycles. The molecular weight excluding hydrogens is 462 g/mol. The Balaban J connectivity index is 1.38. The monoisotopic (exact) mass is 489 g/mol. The van der Waals surface area contributed by atoms with Crippen LogP contribution in [0.1, 0.15) is 31.1 Å². The first-order valence-electron chi connectivity index (χ1n) is 11.4. The molecule has 35 heavy (non-hydrogen) atoms. The molecule has 0 unspecified atom stereocenters. The summed E-state index contributed by atoms with van der Waals surface area (Å²) in [4.78, 5) is 17.1. The van der Waals surface area contributed by atoms with Crippen LogP contribution in [0, 0.1) is 5.92 Å². The van der Waals surface area contributed by atoms with Gasteiger partial charge in [-0.15, -0.1) is 0 Å². The fourth-order valence-corrected chi connectivity index (χ4v) is 3.50. The van der Waals surface area contributed by atoms with Crippen LogP contribution in [0.4, 0.5) is 5.69 Å². The van der Waals surface area contributed by atoms with Crippen molar-refractivity contribution in [2.45, 2.75) is 20.8 Å². The van der Waals surface area contributed by atoms with E-state index in [0.29, 0.717) is 47.4 Å². The van der Waals surface area contributed by atoms with Crippen LogP contribution in [-0.4, -0.2) is 29.2 Å². The lowest BCUT2D eigenvalue weighted by Crippen LogP contribution is -2.34. The Morgan fingerprint density at radius 3 is 2.37 bits per heavy atom. The molecule has 4 aromatic rings. The molecule has 0 saturated heterocycles. The molecule has 180 valence electrons. The lowest BCUT2D eigenvalue weighted by molar-refractivity contribution is 0.0977. The highest BCUT2D eigenvalue weighted by Crippen LogP contribution is 2.27. The van der Waals surface area contributed by atoms with Crippen LogP contribution >= 0.6 is 12.2 Å². The minimum Gasteiger partial charge on any atom is -0.494 e. The minimum atomic E-state index is -0.307. The van der Waals surface area contributed by atoms with Gasteiger partial charge in [0, 0.05) is 16.8 Å². The molecule has 0 saturated carbocycles. The van der Waals surface area contributed by atoms with Gasteiger partial charge in [-0.25, -0.2) is 4.98 Å². The molecule has 0 bridgehead atoms. The van der Waals surface area contributed by atoms with Gasteiger partial charge >= 0.3 is 0 Å². The number of hydrogen-bond acceptors (Lipinski definition) is 6. The first-order valence-corrected chi connectivity index (χ1v) is 11.8. The zero-order chi connectivity index (χ0) is 24.8. The molecule has 7 nitrogen and oxygen atoms in total. The maximum Gasteiger partial charge on any atom is 0.257 e. The molecule has 4 rings (SSSR count). The summed E-state index contributed by atoms with van der Waals surface area (Å²) in [5, 5.41) is 5.90. The van der Waals surface area contributed by atoms with E-state index in [1.54, 1.807) is 24.3 Å². The van der Waals surface area contributed by atoms with Crippen LogP contribution in [0.25, 0.3) is 22.6 Å². The Kier molecular flexibility index (Phi) is 7.62. The highest BCUT2D eigenvalue weighted by molar-refractivity contribution is 7.80. The Labute approximate surface area is 209 Å². The van der Waals surface area contributed by atoms with Gasteiger partial charge in [0.1, 0.15) is 17.0 Å². The number of nitrogens with one attached hydrogen (secondary N) is 2. The molecule has 3 aromatic carbocycles. The summed E-state index contributed by atoms with van der Waals surface area (Å²) in [6.07, 6.45) is 0. The van der Waals surface area contributed by atoms with Gasteiger partial charge in [0.05, 0.1) is 13.2 Å². The van der Waals surface area contributed by atoms with Crippen molar-refractivity contribution in [1.82, 2.24) is 10.3 Å². The summed E-state index contributed by atoms with van der Waals surface area (Å²) in [6, 6.07) is 20.0. The number of carbonyl (C=O) groups excluding carboxylic acids is 1. The van der Waals surface area contributed by atoms with Crippen molar-refractivity contribution in [3.05, 3.63) is 72.3 Å². The first kappa shape index (κ1) is 24.2. The average Bonchev–Trinajstić information content (AvgIpc) is 3.27. The second-order valence-electron chi connectivity index (χ2n) is 8.30. The quantitative estimate of drug-likeness (QED) is 0.291. The van der Waals surface area contributed by atoms with Crippen molar-refractivity contribution < 1.29 is 18.7 Å². The molecule has 0 spiro atoms. The van der Waals surface area contributed by atoms with Gasteiger partial charge < -0.3 is 19.2 Å². The number of benzene rings is 3. The second kappa shape index (κ2) is 11.0. The number of anilines is 1. The number of thiocarbonyl (C=S) groups is 1. The predicted octanol–water partition coefficient (Wildman–Crippen LogP) is 6.06. The Bertz CT molecular complexity index is 1310. The third kappa shape index (κ3) is 6.36. The maximum atomic E-state index is 12.5. The molecule has 2 N–H and O–H groups in total. The number of amides is 1. The van der Waals surface area contributed by atoms with E-state index in [4.69, 9.17) is 26.1 Å². The topological polar surface area (TPSA) is 85.6 Å². The van der Waals surface area contributed by atoms with E-state index in [0.717, 1.165) is 17.1 Å². The van der Waals surface area contributed by atoms with Crippen molar-refractivity contribution in [2.75, 3.05) is 18.5 Å². The molecule has 1 aromatic heterocycles. The number of nitrogens with zero attached hydrogens (tertiary/aromatic N) is 1. The number of rotatable bonds is 8. The third-order valence-electron chi connectivity index (χ3n) is 4.98. The largest absolute Gasteiger partial charge is 0.494 e. The number of fused-ring (bicyclic) bond motifs is 1. The molecule has 0 aliphatic heterocycles. The maximum absolute atomic E-state index is 12.5. The standard InChI is InChI=1S/C27H27N3O4S/c1-4-32-21-12-7-19(8-13-21)26-29-23-15-20(9-14-24(23)34-26)28-27(35)30-25(31)18-5-10-22(11-6-18)33-16-17(2)3/h5-15,17H,4,16H2,1-3H3,(H2,28,30,31,35). The van der Waals surface area contributed by atoms with E-state index < -0.39 is 0 Å². The van der Waals surface area contributed by atoms with Crippen molar-refractivity contribution in [3.63, 3.8) is 0 Å². The van der Waals surface area contributed by atoms with E-state index >= 15 is 0 Å². The van der Waals surface area contributed by atoms with Gasteiger partial charge in [-0.1, -0.05) is 13.8 Å². The van der Waals surface area contributed by atoms with Crippen LogP contribution in [0.5, 0.6) is 11.5 Å². The van der Waals surface area contributed by atoms with Crippen LogP contribution in [0.3, 0.4) is 0 Å². The molecule has 1 heterocycles. The number of ether oxygens (including phenoxy) is 2. The average molecular weight is 490 g/mol. The highest BCUT2D eigenvalue weighted by Gasteiger charge is 2.12. The lowest BCUT2D eigenvalue weighted by atomic mass is 10.2. The van der Waals surface area contributed by atoms with Gasteiger partial charge in [-0.05, 0) is 91.8 Å². The molecular formula is C27H27N3O4S. The fraction of sp³-hybridized carbons (Fsp3) is 0.222. The van der Waals surface area contributed by atoms with E-state index in [1.165, 1.54) is 0 Å². The summed E-state index contributed by atoms with van der Waals surface area (Å²) >= 11 is 5.32. The van der Waals surface area contributed by atoms with Crippen molar-refractivity contribution >= 4 is 40.0 Å². The number of carbonyl (C=O) groups is 1. The molecule has 0 fully saturated rings. The normalized spacial score (nSPS) is 10.9. The summed E-state index contributed by atoms with van der Waals surface area (Å²) in [6.45, 7) is 7.34. The Hall–Kier alpha value is -3.91. The van der Waals surface area contributed by atoms with E-state index in [-0.39, 0.29) is 11.0 Å². The molecule has 0 aliphatic rings. The lowest BCUT2D eigenvalue weighted by Gasteiger charge is -2.11. The first-order chi connectivity index (χ1) is 16.9. The van der Waals surface area contributed by atoms with Crippen LogP contribution < -0.4 is 20.1 Å². The molecule has 0 radical (unpaired) electrons. The fourth-order valence-electron chi connectivity index (χ4n) is 3.29. The zero-order valence-electron chi connectivity index (χ0n) is 19.8. The van der Waals surface area contributed by atoms with E-state index in [2.05, 4.69) is 29.5 Å². The van der Waals surface area contributed by atoms with Gasteiger partial charge in [-0.2, -0.15) is 0 Å². The van der Waals surface area contributed by atoms with Gasteiger partial charge in [0.15, 0.2) is 10.7 Å². The Morgan fingerprint density at radius 1 is 1.00 bits per heavy atom. The van der Waals surface area contributed by atoms with Gasteiger partial charge in [0.25, 0.3) is 5.91 Å². The Morgan fingerprint density at radius 2 is 1.69 bits per heavy atom. The SMILES string of the molecule is CCOc1ccc(-c2nc3cc(NC(=S)NC(=O)c4ccc(OCC(C)C)cc4)ccc3o2)cc1. The number of oxazole rings is 1. The minimum absolute atomic E-state index is 0.185. The number of aromatic nitrogens is 1.